The van der Waals surface area contributed by atoms with E-state index in [0.29, 0.717) is 25.9 Å². The van der Waals surface area contributed by atoms with E-state index in [1.165, 1.54) is 17.7 Å². The fraction of sp³-hybridized carbons (Fsp3) is 0.400. The number of fused-ring (bicyclic) bond motifs is 1. The SMILES string of the molecule is C#CCO[C@@H]1CC[C@H](C)OC1.O=CN1CCc2ccccc2[C@@H]1c1ccc(F)cc1. The van der Waals surface area contributed by atoms with Crippen LogP contribution in [0.1, 0.15) is 42.5 Å². The van der Waals surface area contributed by atoms with Gasteiger partial charge in [-0.05, 0) is 55.0 Å². The number of carbonyl (C=O) groups is 1. The minimum atomic E-state index is -0.259. The largest absolute Gasteiger partial charge is 0.376 e. The maximum atomic E-state index is 13.0. The molecule has 2 aliphatic heterocycles. The summed E-state index contributed by atoms with van der Waals surface area (Å²) in [4.78, 5) is 13.0. The van der Waals surface area contributed by atoms with Crippen LogP contribution in [0.15, 0.2) is 48.5 Å². The van der Waals surface area contributed by atoms with Crippen LogP contribution in [-0.4, -0.2) is 43.3 Å². The normalized spacial score (nSPS) is 22.8. The molecule has 4 nitrogen and oxygen atoms in total. The van der Waals surface area contributed by atoms with Gasteiger partial charge >= 0.3 is 0 Å². The Labute approximate surface area is 178 Å². The molecular weight excluding hydrogens is 381 g/mol. The first-order valence-electron chi connectivity index (χ1n) is 10.3. The van der Waals surface area contributed by atoms with Gasteiger partial charge in [0, 0.05) is 6.54 Å². The topological polar surface area (TPSA) is 38.8 Å². The number of amides is 1. The van der Waals surface area contributed by atoms with Crippen molar-refractivity contribution in [3.05, 3.63) is 71.0 Å². The first-order valence-corrected chi connectivity index (χ1v) is 10.3. The van der Waals surface area contributed by atoms with E-state index in [-0.39, 0.29) is 18.0 Å². The summed E-state index contributed by atoms with van der Waals surface area (Å²) in [5.74, 6) is 2.19. The van der Waals surface area contributed by atoms with Crippen LogP contribution >= 0.6 is 0 Å². The van der Waals surface area contributed by atoms with Crippen LogP contribution in [0.2, 0.25) is 0 Å². The van der Waals surface area contributed by atoms with E-state index in [1.807, 2.05) is 18.2 Å². The molecule has 0 aliphatic carbocycles. The average Bonchev–Trinajstić information content (AvgIpc) is 2.79. The number of hydrogen-bond acceptors (Lipinski definition) is 3. The maximum Gasteiger partial charge on any atom is 0.210 e. The Morgan fingerprint density at radius 3 is 2.67 bits per heavy atom. The number of terminal acetylenes is 1. The monoisotopic (exact) mass is 409 g/mol. The molecule has 2 aliphatic rings. The van der Waals surface area contributed by atoms with Gasteiger partial charge in [0.25, 0.3) is 0 Å². The molecule has 5 heteroatoms. The summed E-state index contributed by atoms with van der Waals surface area (Å²) in [6.07, 6.45) is 9.57. The van der Waals surface area contributed by atoms with Gasteiger partial charge in [-0.2, -0.15) is 0 Å². The molecule has 0 spiro atoms. The summed E-state index contributed by atoms with van der Waals surface area (Å²) in [6.45, 7) is 3.88. The standard InChI is InChI=1S/C16H14FNO.C9H14O2/c17-14-7-5-13(6-8-14)16-15-4-2-1-3-12(15)9-10-18(16)11-19;1-3-6-10-9-5-4-8(2)11-7-9/h1-8,11,16H,9-10H2;1,8-9H,4-7H2,2H3/t16-;8-,9+/m00/s1. The van der Waals surface area contributed by atoms with Crippen LogP contribution in [-0.2, 0) is 20.7 Å². The Morgan fingerprint density at radius 2 is 2.00 bits per heavy atom. The van der Waals surface area contributed by atoms with E-state index >= 15 is 0 Å². The molecule has 30 heavy (non-hydrogen) atoms. The highest BCUT2D eigenvalue weighted by Gasteiger charge is 2.27. The minimum Gasteiger partial charge on any atom is -0.376 e. The van der Waals surface area contributed by atoms with E-state index in [4.69, 9.17) is 15.9 Å². The number of hydrogen-bond donors (Lipinski definition) is 0. The second-order valence-electron chi connectivity index (χ2n) is 7.60. The first kappa shape index (κ1) is 22.0. The fourth-order valence-corrected chi connectivity index (χ4v) is 3.87. The van der Waals surface area contributed by atoms with Crippen molar-refractivity contribution in [2.45, 2.75) is 44.4 Å². The summed E-state index contributed by atoms with van der Waals surface area (Å²) in [7, 11) is 0. The van der Waals surface area contributed by atoms with Gasteiger partial charge in [0.2, 0.25) is 6.41 Å². The lowest BCUT2D eigenvalue weighted by Crippen LogP contribution is -2.34. The Bertz CT molecular complexity index is 853. The van der Waals surface area contributed by atoms with E-state index in [1.54, 1.807) is 17.0 Å². The lowest BCUT2D eigenvalue weighted by molar-refractivity contribution is -0.119. The lowest BCUT2D eigenvalue weighted by Gasteiger charge is -2.35. The van der Waals surface area contributed by atoms with E-state index in [2.05, 4.69) is 18.9 Å². The number of halogens is 1. The molecule has 4 rings (SSSR count). The summed E-state index contributed by atoms with van der Waals surface area (Å²) in [6, 6.07) is 14.4. The molecule has 2 aromatic carbocycles. The Hall–Kier alpha value is -2.68. The van der Waals surface area contributed by atoms with Crippen LogP contribution in [0.3, 0.4) is 0 Å². The Morgan fingerprint density at radius 1 is 1.23 bits per heavy atom. The third kappa shape index (κ3) is 5.69. The predicted octanol–water partition coefficient (Wildman–Crippen LogP) is 4.13. The molecule has 0 bridgehead atoms. The van der Waals surface area contributed by atoms with Crippen LogP contribution in [0.5, 0.6) is 0 Å². The van der Waals surface area contributed by atoms with Gasteiger partial charge in [-0.1, -0.05) is 42.3 Å². The maximum absolute atomic E-state index is 13.0. The van der Waals surface area contributed by atoms with Crippen molar-refractivity contribution in [3.8, 4) is 12.3 Å². The van der Waals surface area contributed by atoms with Gasteiger partial charge in [-0.15, -0.1) is 6.42 Å². The van der Waals surface area contributed by atoms with Crippen molar-refractivity contribution in [1.82, 2.24) is 4.90 Å². The molecule has 1 amide bonds. The van der Waals surface area contributed by atoms with Crippen LogP contribution in [0.4, 0.5) is 4.39 Å². The highest BCUT2D eigenvalue weighted by Crippen LogP contribution is 2.34. The van der Waals surface area contributed by atoms with E-state index in [0.717, 1.165) is 36.8 Å². The van der Waals surface area contributed by atoms with Gasteiger partial charge in [-0.3, -0.25) is 4.79 Å². The first-order chi connectivity index (χ1) is 14.6. The number of carbonyl (C=O) groups excluding carboxylic acids is 1. The molecule has 1 fully saturated rings. The molecule has 0 N–H and O–H groups in total. The zero-order valence-electron chi connectivity index (χ0n) is 17.3. The zero-order chi connectivity index (χ0) is 21.3. The molecule has 0 saturated carbocycles. The van der Waals surface area contributed by atoms with Crippen LogP contribution in [0, 0.1) is 18.2 Å². The van der Waals surface area contributed by atoms with E-state index in [9.17, 15) is 9.18 Å². The molecule has 2 heterocycles. The second-order valence-corrected chi connectivity index (χ2v) is 7.60. The molecule has 0 radical (unpaired) electrons. The van der Waals surface area contributed by atoms with Crippen LogP contribution < -0.4 is 0 Å². The number of nitrogens with zero attached hydrogens (tertiary/aromatic N) is 1. The molecule has 1 saturated heterocycles. The molecule has 0 aromatic heterocycles. The summed E-state index contributed by atoms with van der Waals surface area (Å²) in [5, 5.41) is 0. The van der Waals surface area contributed by atoms with Gasteiger partial charge < -0.3 is 14.4 Å². The van der Waals surface area contributed by atoms with Crippen molar-refractivity contribution < 1.29 is 18.7 Å². The molecule has 158 valence electrons. The minimum absolute atomic E-state index is 0.108. The number of ether oxygens (including phenoxy) is 2. The number of rotatable bonds is 4. The molecule has 3 atom stereocenters. The molecule has 2 aromatic rings. The predicted molar refractivity (Wildman–Crippen MR) is 114 cm³/mol. The van der Waals surface area contributed by atoms with Gasteiger partial charge in [0.05, 0.1) is 24.9 Å². The average molecular weight is 410 g/mol. The molecular formula is C25H28FNO3. The summed E-state index contributed by atoms with van der Waals surface area (Å²) >= 11 is 0. The van der Waals surface area contributed by atoms with Crippen LogP contribution in [0.25, 0.3) is 0 Å². The highest BCUT2D eigenvalue weighted by atomic mass is 19.1. The summed E-state index contributed by atoms with van der Waals surface area (Å²) < 4.78 is 23.8. The summed E-state index contributed by atoms with van der Waals surface area (Å²) in [5.41, 5.74) is 3.34. The van der Waals surface area contributed by atoms with Gasteiger partial charge in [0.15, 0.2) is 0 Å². The second kappa shape index (κ2) is 10.9. The zero-order valence-corrected chi connectivity index (χ0v) is 17.3. The van der Waals surface area contributed by atoms with Crippen molar-refractivity contribution in [1.29, 1.82) is 0 Å². The Balaban J connectivity index is 0.000000199. The van der Waals surface area contributed by atoms with Crippen molar-refractivity contribution in [2.75, 3.05) is 19.8 Å². The smallest absolute Gasteiger partial charge is 0.210 e. The lowest BCUT2D eigenvalue weighted by atomic mass is 9.88. The van der Waals surface area contributed by atoms with Crippen molar-refractivity contribution in [3.63, 3.8) is 0 Å². The van der Waals surface area contributed by atoms with Crippen molar-refractivity contribution in [2.24, 2.45) is 0 Å². The number of benzene rings is 2. The van der Waals surface area contributed by atoms with Gasteiger partial charge in [-0.25, -0.2) is 4.39 Å². The fourth-order valence-electron chi connectivity index (χ4n) is 3.87. The third-order valence-electron chi connectivity index (χ3n) is 5.51. The van der Waals surface area contributed by atoms with E-state index < -0.39 is 0 Å². The highest BCUT2D eigenvalue weighted by molar-refractivity contribution is 5.54. The quantitative estimate of drug-likeness (QED) is 0.563. The Kier molecular flexibility index (Phi) is 8.01. The molecule has 0 unspecified atom stereocenters. The van der Waals surface area contributed by atoms with Crippen molar-refractivity contribution >= 4 is 6.41 Å². The third-order valence-corrected chi connectivity index (χ3v) is 5.51. The van der Waals surface area contributed by atoms with Gasteiger partial charge in [0.1, 0.15) is 12.4 Å².